The Balaban J connectivity index is 2.23. The highest BCUT2D eigenvalue weighted by Crippen LogP contribution is 2.28. The highest BCUT2D eigenvalue weighted by molar-refractivity contribution is 7.99. The molecule has 1 heterocycles. The average Bonchev–Trinajstić information content (AvgIpc) is 2.34. The van der Waals surface area contributed by atoms with Gasteiger partial charge in [-0.25, -0.2) is 4.98 Å². The zero-order chi connectivity index (χ0) is 13.1. The van der Waals surface area contributed by atoms with Crippen LogP contribution >= 0.6 is 11.8 Å². The lowest BCUT2D eigenvalue weighted by molar-refractivity contribution is 0.808. The first-order chi connectivity index (χ1) is 8.56. The van der Waals surface area contributed by atoms with Crippen molar-refractivity contribution < 1.29 is 0 Å². The highest BCUT2D eigenvalue weighted by Gasteiger charge is 2.04. The fraction of sp³-hybridized carbons (Fsp3) is 0.267. The molecule has 2 nitrogen and oxygen atoms in total. The van der Waals surface area contributed by atoms with Gasteiger partial charge in [0, 0.05) is 17.1 Å². The SMILES string of the molecule is Cc1ccc(Sc2cc([C@@H](C)N)ccn2)cc1C. The molecule has 94 valence electrons. The number of rotatable bonds is 3. The van der Waals surface area contributed by atoms with Crippen LogP contribution in [0.3, 0.4) is 0 Å². The molecule has 0 amide bonds. The summed E-state index contributed by atoms with van der Waals surface area (Å²) in [5, 5.41) is 0.994. The first-order valence-corrected chi connectivity index (χ1v) is 6.84. The van der Waals surface area contributed by atoms with Crippen molar-refractivity contribution in [2.45, 2.75) is 36.7 Å². The van der Waals surface area contributed by atoms with Gasteiger partial charge < -0.3 is 5.73 Å². The molecular formula is C15H18N2S. The summed E-state index contributed by atoms with van der Waals surface area (Å²) in [6.45, 7) is 6.24. The fourth-order valence-electron chi connectivity index (χ4n) is 1.66. The van der Waals surface area contributed by atoms with E-state index < -0.39 is 0 Å². The first-order valence-electron chi connectivity index (χ1n) is 6.03. The Bertz CT molecular complexity index is 550. The van der Waals surface area contributed by atoms with Gasteiger partial charge in [0.2, 0.25) is 0 Å². The zero-order valence-electron chi connectivity index (χ0n) is 11.0. The second-order valence-corrected chi connectivity index (χ2v) is 5.66. The standard InChI is InChI=1S/C15H18N2S/c1-10-4-5-14(8-11(10)2)18-15-9-13(12(3)16)6-7-17-15/h4-9,12H,16H2,1-3H3/t12-/m1/s1. The maximum atomic E-state index is 5.88. The Hall–Kier alpha value is -1.32. The lowest BCUT2D eigenvalue weighted by Gasteiger charge is -2.08. The third-order valence-electron chi connectivity index (χ3n) is 2.99. The van der Waals surface area contributed by atoms with E-state index in [1.54, 1.807) is 11.8 Å². The summed E-state index contributed by atoms with van der Waals surface area (Å²) in [4.78, 5) is 5.59. The van der Waals surface area contributed by atoms with Crippen molar-refractivity contribution in [3.05, 3.63) is 53.2 Å². The van der Waals surface area contributed by atoms with E-state index in [1.807, 2.05) is 19.2 Å². The summed E-state index contributed by atoms with van der Waals surface area (Å²) in [6.07, 6.45) is 1.82. The highest BCUT2D eigenvalue weighted by atomic mass is 32.2. The topological polar surface area (TPSA) is 38.9 Å². The van der Waals surface area contributed by atoms with E-state index >= 15 is 0 Å². The van der Waals surface area contributed by atoms with Gasteiger partial charge in [-0.2, -0.15) is 0 Å². The van der Waals surface area contributed by atoms with Gasteiger partial charge in [0.1, 0.15) is 5.03 Å². The van der Waals surface area contributed by atoms with Gasteiger partial charge in [0.25, 0.3) is 0 Å². The van der Waals surface area contributed by atoms with Gasteiger partial charge in [-0.3, -0.25) is 0 Å². The van der Waals surface area contributed by atoms with Crippen LogP contribution in [0.15, 0.2) is 46.5 Å². The Morgan fingerprint density at radius 3 is 2.56 bits per heavy atom. The van der Waals surface area contributed by atoms with Crippen LogP contribution < -0.4 is 5.73 Å². The van der Waals surface area contributed by atoms with Gasteiger partial charge in [0.05, 0.1) is 0 Å². The summed E-state index contributed by atoms with van der Waals surface area (Å²) in [5.74, 6) is 0. The minimum atomic E-state index is 0.0482. The zero-order valence-corrected chi connectivity index (χ0v) is 11.8. The molecule has 18 heavy (non-hydrogen) atoms. The van der Waals surface area contributed by atoms with Crippen molar-refractivity contribution in [2.75, 3.05) is 0 Å². The molecule has 0 spiro atoms. The lowest BCUT2D eigenvalue weighted by Crippen LogP contribution is -2.04. The molecule has 0 aliphatic rings. The quantitative estimate of drug-likeness (QED) is 0.908. The first kappa shape index (κ1) is 13.1. The molecule has 0 saturated carbocycles. The Morgan fingerprint density at radius 1 is 1.11 bits per heavy atom. The summed E-state index contributed by atoms with van der Waals surface area (Å²) in [7, 11) is 0. The van der Waals surface area contributed by atoms with E-state index in [2.05, 4.69) is 43.1 Å². The van der Waals surface area contributed by atoms with Crippen molar-refractivity contribution in [3.8, 4) is 0 Å². The number of benzene rings is 1. The monoisotopic (exact) mass is 258 g/mol. The number of hydrogen-bond donors (Lipinski definition) is 1. The molecule has 2 rings (SSSR count). The average molecular weight is 258 g/mol. The smallest absolute Gasteiger partial charge is 0.101 e. The molecule has 0 aliphatic heterocycles. The predicted molar refractivity (Wildman–Crippen MR) is 76.9 cm³/mol. The third kappa shape index (κ3) is 3.12. The molecule has 0 radical (unpaired) electrons. The normalized spacial score (nSPS) is 12.4. The van der Waals surface area contributed by atoms with E-state index in [1.165, 1.54) is 16.0 Å². The summed E-state index contributed by atoms with van der Waals surface area (Å²) < 4.78 is 0. The van der Waals surface area contributed by atoms with Crippen molar-refractivity contribution in [1.29, 1.82) is 0 Å². The Labute approximate surface area is 113 Å². The number of nitrogens with zero attached hydrogens (tertiary/aromatic N) is 1. The Kier molecular flexibility index (Phi) is 4.04. The summed E-state index contributed by atoms with van der Waals surface area (Å²) in [5.41, 5.74) is 9.63. The maximum absolute atomic E-state index is 5.88. The van der Waals surface area contributed by atoms with Gasteiger partial charge in [-0.05, 0) is 61.7 Å². The molecule has 1 atom stereocenters. The summed E-state index contributed by atoms with van der Waals surface area (Å²) in [6, 6.07) is 10.5. The molecule has 2 N–H and O–H groups in total. The minimum Gasteiger partial charge on any atom is -0.324 e. The van der Waals surface area contributed by atoms with Crippen molar-refractivity contribution >= 4 is 11.8 Å². The van der Waals surface area contributed by atoms with E-state index in [0.29, 0.717) is 0 Å². The molecule has 1 aromatic carbocycles. The number of pyridine rings is 1. The molecular weight excluding hydrogens is 240 g/mol. The molecule has 0 unspecified atom stereocenters. The van der Waals surface area contributed by atoms with Gasteiger partial charge in [0.15, 0.2) is 0 Å². The van der Waals surface area contributed by atoms with Gasteiger partial charge in [-0.1, -0.05) is 17.8 Å². The second-order valence-electron chi connectivity index (χ2n) is 4.56. The van der Waals surface area contributed by atoms with Crippen LogP contribution in [-0.2, 0) is 0 Å². The van der Waals surface area contributed by atoms with Crippen LogP contribution in [0.4, 0.5) is 0 Å². The maximum Gasteiger partial charge on any atom is 0.101 e. The van der Waals surface area contributed by atoms with Crippen LogP contribution in [0.25, 0.3) is 0 Å². The lowest BCUT2D eigenvalue weighted by atomic mass is 10.1. The number of nitrogens with two attached hydrogens (primary N) is 1. The van der Waals surface area contributed by atoms with Crippen LogP contribution in [0, 0.1) is 13.8 Å². The Morgan fingerprint density at radius 2 is 1.89 bits per heavy atom. The molecule has 0 fully saturated rings. The molecule has 3 heteroatoms. The van der Waals surface area contributed by atoms with E-state index in [0.717, 1.165) is 10.6 Å². The van der Waals surface area contributed by atoms with Crippen LogP contribution in [0.2, 0.25) is 0 Å². The number of hydrogen-bond acceptors (Lipinski definition) is 3. The van der Waals surface area contributed by atoms with Gasteiger partial charge in [-0.15, -0.1) is 0 Å². The van der Waals surface area contributed by atoms with Crippen molar-refractivity contribution in [3.63, 3.8) is 0 Å². The summed E-state index contributed by atoms with van der Waals surface area (Å²) >= 11 is 1.68. The predicted octanol–water partition coefficient (Wildman–Crippen LogP) is 3.87. The van der Waals surface area contributed by atoms with E-state index in [-0.39, 0.29) is 6.04 Å². The van der Waals surface area contributed by atoms with E-state index in [4.69, 9.17) is 5.73 Å². The number of aromatic nitrogens is 1. The van der Waals surface area contributed by atoms with Crippen LogP contribution in [0.5, 0.6) is 0 Å². The number of aryl methyl sites for hydroxylation is 2. The van der Waals surface area contributed by atoms with Crippen molar-refractivity contribution in [1.82, 2.24) is 4.98 Å². The fourth-order valence-corrected chi connectivity index (χ4v) is 2.58. The van der Waals surface area contributed by atoms with Crippen LogP contribution in [-0.4, -0.2) is 4.98 Å². The molecule has 0 bridgehead atoms. The van der Waals surface area contributed by atoms with Crippen molar-refractivity contribution in [2.24, 2.45) is 5.73 Å². The molecule has 2 aromatic rings. The molecule has 0 aliphatic carbocycles. The molecule has 0 saturated heterocycles. The van der Waals surface area contributed by atoms with Crippen LogP contribution in [0.1, 0.15) is 29.7 Å². The third-order valence-corrected chi connectivity index (χ3v) is 3.91. The van der Waals surface area contributed by atoms with E-state index in [9.17, 15) is 0 Å². The molecule has 1 aromatic heterocycles. The van der Waals surface area contributed by atoms with Gasteiger partial charge >= 0.3 is 0 Å². The second kappa shape index (κ2) is 5.55. The largest absolute Gasteiger partial charge is 0.324 e. The minimum absolute atomic E-state index is 0.0482.